The Labute approximate surface area is 139 Å². The molecule has 0 radical (unpaired) electrons. The number of amides is 1. The average Bonchev–Trinajstić information content (AvgIpc) is 2.53. The average molecular weight is 327 g/mol. The smallest absolute Gasteiger partial charge is 0.220 e. The fraction of sp³-hybridized carbons (Fsp3) is 0.588. The van der Waals surface area contributed by atoms with Gasteiger partial charge in [0.2, 0.25) is 5.91 Å². The second-order valence-corrected chi connectivity index (χ2v) is 5.76. The minimum Gasteiger partial charge on any atom is -0.380 e. The molecular formula is C17H27ClN2O2. The van der Waals surface area contributed by atoms with E-state index in [9.17, 15) is 4.79 Å². The van der Waals surface area contributed by atoms with Gasteiger partial charge in [-0.1, -0.05) is 24.3 Å². The molecule has 0 spiro atoms. The molecule has 0 aliphatic carbocycles. The summed E-state index contributed by atoms with van der Waals surface area (Å²) in [7, 11) is 1.69. The Balaban J connectivity index is 0.00000242. The monoisotopic (exact) mass is 326 g/mol. The molecule has 1 aliphatic heterocycles. The van der Waals surface area contributed by atoms with Crippen molar-refractivity contribution in [1.82, 2.24) is 10.6 Å². The number of methoxy groups -OCH3 is 1. The second-order valence-electron chi connectivity index (χ2n) is 5.76. The van der Waals surface area contributed by atoms with Crippen molar-refractivity contribution in [3.63, 3.8) is 0 Å². The molecule has 124 valence electrons. The van der Waals surface area contributed by atoms with Gasteiger partial charge in [0, 0.05) is 20.1 Å². The Bertz CT molecular complexity index is 448. The van der Waals surface area contributed by atoms with E-state index in [0.717, 1.165) is 30.6 Å². The van der Waals surface area contributed by atoms with E-state index in [1.165, 1.54) is 12.8 Å². The lowest BCUT2D eigenvalue weighted by atomic mass is 9.93. The predicted octanol–water partition coefficient (Wildman–Crippen LogP) is 2.65. The van der Waals surface area contributed by atoms with Gasteiger partial charge in [0.05, 0.1) is 6.61 Å². The molecule has 1 aromatic rings. The fourth-order valence-corrected chi connectivity index (χ4v) is 2.79. The molecule has 1 saturated heterocycles. The van der Waals surface area contributed by atoms with Crippen LogP contribution in [0.2, 0.25) is 0 Å². The Hall–Kier alpha value is -1.10. The van der Waals surface area contributed by atoms with Gasteiger partial charge in [-0.15, -0.1) is 12.4 Å². The van der Waals surface area contributed by atoms with E-state index in [2.05, 4.69) is 16.7 Å². The van der Waals surface area contributed by atoms with E-state index < -0.39 is 0 Å². The summed E-state index contributed by atoms with van der Waals surface area (Å²) in [6.45, 7) is 3.40. The number of halogens is 1. The van der Waals surface area contributed by atoms with E-state index in [1.807, 2.05) is 18.2 Å². The molecule has 5 heteroatoms. The lowest BCUT2D eigenvalue weighted by Crippen LogP contribution is -2.29. The Kier molecular flexibility index (Phi) is 9.13. The van der Waals surface area contributed by atoms with Gasteiger partial charge in [0.15, 0.2) is 0 Å². The van der Waals surface area contributed by atoms with Crippen LogP contribution in [-0.2, 0) is 22.7 Å². The molecule has 2 N–H and O–H groups in total. The molecular weight excluding hydrogens is 300 g/mol. The van der Waals surface area contributed by atoms with E-state index in [-0.39, 0.29) is 18.3 Å². The van der Waals surface area contributed by atoms with Crippen LogP contribution < -0.4 is 10.6 Å². The van der Waals surface area contributed by atoms with E-state index in [0.29, 0.717) is 25.5 Å². The lowest BCUT2D eigenvalue weighted by molar-refractivity contribution is -0.121. The van der Waals surface area contributed by atoms with Gasteiger partial charge in [-0.25, -0.2) is 0 Å². The van der Waals surface area contributed by atoms with Crippen molar-refractivity contribution < 1.29 is 9.53 Å². The maximum atomic E-state index is 11.9. The van der Waals surface area contributed by atoms with Gasteiger partial charge in [-0.3, -0.25) is 4.79 Å². The van der Waals surface area contributed by atoms with Crippen molar-refractivity contribution >= 4 is 18.3 Å². The Morgan fingerprint density at radius 2 is 2.05 bits per heavy atom. The van der Waals surface area contributed by atoms with Crippen LogP contribution in [0.25, 0.3) is 0 Å². The van der Waals surface area contributed by atoms with Crippen LogP contribution in [0.15, 0.2) is 24.3 Å². The van der Waals surface area contributed by atoms with Gasteiger partial charge in [-0.05, 0) is 49.4 Å². The third-order valence-electron chi connectivity index (χ3n) is 4.03. The summed E-state index contributed by atoms with van der Waals surface area (Å²) in [6.07, 6.45) is 4.05. The van der Waals surface area contributed by atoms with E-state index in [4.69, 9.17) is 4.74 Å². The van der Waals surface area contributed by atoms with Crippen molar-refractivity contribution in [3.05, 3.63) is 35.4 Å². The van der Waals surface area contributed by atoms with Crippen LogP contribution in [0.1, 0.15) is 36.8 Å². The minimum atomic E-state index is 0. The first-order valence-corrected chi connectivity index (χ1v) is 7.82. The molecule has 1 aliphatic rings. The fourth-order valence-electron chi connectivity index (χ4n) is 2.79. The van der Waals surface area contributed by atoms with Gasteiger partial charge >= 0.3 is 0 Å². The maximum absolute atomic E-state index is 11.9. The van der Waals surface area contributed by atoms with Crippen molar-refractivity contribution in [1.29, 1.82) is 0 Å². The molecule has 1 aromatic carbocycles. The zero-order valence-corrected chi connectivity index (χ0v) is 14.1. The summed E-state index contributed by atoms with van der Waals surface area (Å²) in [6, 6.07) is 8.15. The molecule has 0 unspecified atom stereocenters. The number of ether oxygens (including phenoxy) is 1. The third kappa shape index (κ3) is 6.77. The van der Waals surface area contributed by atoms with Crippen LogP contribution in [0, 0.1) is 5.92 Å². The molecule has 0 saturated carbocycles. The Morgan fingerprint density at radius 3 is 2.77 bits per heavy atom. The number of carbonyl (C=O) groups is 1. The van der Waals surface area contributed by atoms with Crippen LogP contribution in [0.4, 0.5) is 0 Å². The Morgan fingerprint density at radius 1 is 1.32 bits per heavy atom. The number of rotatable bonds is 7. The molecule has 4 nitrogen and oxygen atoms in total. The maximum Gasteiger partial charge on any atom is 0.220 e. The van der Waals surface area contributed by atoms with Crippen LogP contribution in [0.5, 0.6) is 0 Å². The standard InChI is InChI=1S/C17H26N2O2.ClH/c1-21-13-16-4-2-3-15(11-16)12-19-17(20)6-5-14-7-9-18-10-8-14;/h2-4,11,14,18H,5-10,12-13H2,1H3,(H,19,20);1H. The number of benzene rings is 1. The topological polar surface area (TPSA) is 50.4 Å². The minimum absolute atomic E-state index is 0. The summed E-state index contributed by atoms with van der Waals surface area (Å²) in [5, 5.41) is 6.37. The highest BCUT2D eigenvalue weighted by molar-refractivity contribution is 5.85. The molecule has 1 amide bonds. The van der Waals surface area contributed by atoms with Crippen LogP contribution >= 0.6 is 12.4 Å². The summed E-state index contributed by atoms with van der Waals surface area (Å²) < 4.78 is 5.12. The molecule has 0 atom stereocenters. The number of piperidine rings is 1. The third-order valence-corrected chi connectivity index (χ3v) is 4.03. The first kappa shape index (κ1) is 18.9. The van der Waals surface area contributed by atoms with Gasteiger partial charge in [0.1, 0.15) is 0 Å². The zero-order valence-electron chi connectivity index (χ0n) is 13.3. The number of hydrogen-bond acceptors (Lipinski definition) is 3. The van der Waals surface area contributed by atoms with Gasteiger partial charge in [0.25, 0.3) is 0 Å². The van der Waals surface area contributed by atoms with Crippen LogP contribution in [-0.4, -0.2) is 26.1 Å². The molecule has 22 heavy (non-hydrogen) atoms. The number of nitrogens with one attached hydrogen (secondary N) is 2. The number of hydrogen-bond donors (Lipinski definition) is 2. The molecule has 0 aromatic heterocycles. The summed E-state index contributed by atoms with van der Waals surface area (Å²) in [4.78, 5) is 11.9. The predicted molar refractivity (Wildman–Crippen MR) is 91.1 cm³/mol. The molecule has 1 fully saturated rings. The quantitative estimate of drug-likeness (QED) is 0.810. The summed E-state index contributed by atoms with van der Waals surface area (Å²) in [5.74, 6) is 0.868. The SMILES string of the molecule is COCc1cccc(CNC(=O)CCC2CCNCC2)c1.Cl. The zero-order chi connectivity index (χ0) is 14.9. The summed E-state index contributed by atoms with van der Waals surface area (Å²) >= 11 is 0. The van der Waals surface area contributed by atoms with Gasteiger partial charge < -0.3 is 15.4 Å². The van der Waals surface area contributed by atoms with Crippen molar-refractivity contribution in [2.75, 3.05) is 20.2 Å². The summed E-state index contributed by atoms with van der Waals surface area (Å²) in [5.41, 5.74) is 2.26. The van der Waals surface area contributed by atoms with E-state index in [1.54, 1.807) is 7.11 Å². The van der Waals surface area contributed by atoms with Crippen molar-refractivity contribution in [2.24, 2.45) is 5.92 Å². The number of carbonyl (C=O) groups excluding carboxylic acids is 1. The van der Waals surface area contributed by atoms with E-state index >= 15 is 0 Å². The van der Waals surface area contributed by atoms with Gasteiger partial charge in [-0.2, -0.15) is 0 Å². The normalized spacial score (nSPS) is 15.1. The molecule has 1 heterocycles. The van der Waals surface area contributed by atoms with Crippen molar-refractivity contribution in [2.45, 2.75) is 38.8 Å². The first-order valence-electron chi connectivity index (χ1n) is 7.82. The second kappa shape index (κ2) is 10.6. The molecule has 2 rings (SSSR count). The highest BCUT2D eigenvalue weighted by atomic mass is 35.5. The lowest BCUT2D eigenvalue weighted by Gasteiger charge is -2.22. The highest BCUT2D eigenvalue weighted by Crippen LogP contribution is 2.17. The molecule has 0 bridgehead atoms. The highest BCUT2D eigenvalue weighted by Gasteiger charge is 2.14. The van der Waals surface area contributed by atoms with Crippen molar-refractivity contribution in [3.8, 4) is 0 Å². The largest absolute Gasteiger partial charge is 0.380 e. The first-order chi connectivity index (χ1) is 10.3. The van der Waals surface area contributed by atoms with Crippen LogP contribution in [0.3, 0.4) is 0 Å².